The van der Waals surface area contributed by atoms with E-state index in [2.05, 4.69) is 22.3 Å². The molecule has 4 nitrogen and oxygen atoms in total. The van der Waals surface area contributed by atoms with Crippen molar-refractivity contribution in [3.63, 3.8) is 0 Å². The number of fused-ring (bicyclic) bond motifs is 3. The minimum Gasteiger partial charge on any atom is -0.383 e. The summed E-state index contributed by atoms with van der Waals surface area (Å²) >= 11 is 0. The topological polar surface area (TPSA) is 33.7 Å². The van der Waals surface area contributed by atoms with Crippen molar-refractivity contribution in [2.45, 2.75) is 37.3 Å². The number of anilines is 1. The van der Waals surface area contributed by atoms with E-state index in [0.29, 0.717) is 12.2 Å². The molecule has 31 heavy (non-hydrogen) atoms. The highest BCUT2D eigenvalue weighted by molar-refractivity contribution is 5.58. The molecule has 2 aromatic carbocycles. The van der Waals surface area contributed by atoms with Gasteiger partial charge in [0.2, 0.25) is 0 Å². The number of ether oxygens (including phenoxy) is 2. The summed E-state index contributed by atoms with van der Waals surface area (Å²) in [6, 6.07) is 14.0. The van der Waals surface area contributed by atoms with E-state index < -0.39 is 11.7 Å². The molecule has 0 unspecified atom stereocenters. The third-order valence-electron chi connectivity index (χ3n) is 6.33. The predicted molar refractivity (Wildman–Crippen MR) is 114 cm³/mol. The van der Waals surface area contributed by atoms with Crippen molar-refractivity contribution >= 4 is 5.69 Å². The lowest BCUT2D eigenvalue weighted by atomic mass is 9.76. The zero-order valence-corrected chi connectivity index (χ0v) is 17.9. The molecule has 0 aromatic heterocycles. The highest BCUT2D eigenvalue weighted by Crippen LogP contribution is 2.51. The zero-order chi connectivity index (χ0) is 22.0. The maximum Gasteiger partial charge on any atom is 0.416 e. The van der Waals surface area contributed by atoms with Crippen LogP contribution in [0.1, 0.15) is 41.7 Å². The molecule has 2 aliphatic heterocycles. The largest absolute Gasteiger partial charge is 0.416 e. The lowest BCUT2D eigenvalue weighted by molar-refractivity contribution is -0.138. The van der Waals surface area contributed by atoms with Crippen molar-refractivity contribution in [1.82, 2.24) is 4.90 Å². The fourth-order valence-corrected chi connectivity index (χ4v) is 4.74. The van der Waals surface area contributed by atoms with Crippen LogP contribution in [0.25, 0.3) is 0 Å². The number of nitrogens with zero attached hydrogens (tertiary/aromatic N) is 1. The van der Waals surface area contributed by atoms with Crippen molar-refractivity contribution < 1.29 is 22.6 Å². The predicted octanol–water partition coefficient (Wildman–Crippen LogP) is 5.29. The van der Waals surface area contributed by atoms with Gasteiger partial charge in [0.05, 0.1) is 30.4 Å². The second-order valence-electron chi connectivity index (χ2n) is 8.51. The molecule has 4 atom stereocenters. The van der Waals surface area contributed by atoms with Gasteiger partial charge >= 0.3 is 6.18 Å². The van der Waals surface area contributed by atoms with Gasteiger partial charge in [0.15, 0.2) is 0 Å². The number of benzene rings is 2. The Kier molecular flexibility index (Phi) is 6.55. The quantitative estimate of drug-likeness (QED) is 0.670. The van der Waals surface area contributed by atoms with E-state index in [-0.39, 0.29) is 24.2 Å². The van der Waals surface area contributed by atoms with Crippen molar-refractivity contribution in [1.29, 1.82) is 0 Å². The van der Waals surface area contributed by atoms with E-state index in [1.54, 1.807) is 13.2 Å². The van der Waals surface area contributed by atoms with Gasteiger partial charge in [-0.05, 0) is 43.7 Å². The van der Waals surface area contributed by atoms with Crippen LogP contribution in [0.5, 0.6) is 0 Å². The highest BCUT2D eigenvalue weighted by Gasteiger charge is 2.43. The standard InChI is InChI=1S/C24H29F3N2O2/c1-29(12-13-30-2)15-18-9-10-19-22(16-6-4-3-5-7-16)28-21-11-8-17(24(25,26)27)14-20(21)23(19)31-18/h3-8,11,14,18-19,22-23,28H,9-10,12-13,15H2,1-2H3/t18-,19+,22+,23+/m1/s1. The summed E-state index contributed by atoms with van der Waals surface area (Å²) in [5, 5.41) is 3.50. The first-order valence-corrected chi connectivity index (χ1v) is 10.7. The van der Waals surface area contributed by atoms with E-state index in [1.165, 1.54) is 6.07 Å². The van der Waals surface area contributed by atoms with Crippen LogP contribution in [-0.2, 0) is 15.7 Å². The summed E-state index contributed by atoms with van der Waals surface area (Å²) in [7, 11) is 3.68. The lowest BCUT2D eigenvalue weighted by Crippen LogP contribution is -2.43. The number of rotatable bonds is 6. The van der Waals surface area contributed by atoms with E-state index >= 15 is 0 Å². The summed E-state index contributed by atoms with van der Waals surface area (Å²) < 4.78 is 51.9. The summed E-state index contributed by atoms with van der Waals surface area (Å²) in [6.45, 7) is 2.14. The Balaban J connectivity index is 1.64. The maximum absolute atomic E-state index is 13.4. The molecule has 0 saturated carbocycles. The monoisotopic (exact) mass is 434 g/mol. The molecule has 0 bridgehead atoms. The molecule has 168 valence electrons. The molecule has 7 heteroatoms. The normalized spacial score (nSPS) is 25.6. The smallest absolute Gasteiger partial charge is 0.383 e. The molecular formula is C24H29F3N2O2. The lowest BCUT2D eigenvalue weighted by Gasteiger charge is -2.46. The summed E-state index contributed by atoms with van der Waals surface area (Å²) in [5.74, 6) is 0.0684. The second-order valence-corrected chi connectivity index (χ2v) is 8.51. The molecule has 1 N–H and O–H groups in total. The second kappa shape index (κ2) is 9.18. The molecule has 2 aromatic rings. The fraction of sp³-hybridized carbons (Fsp3) is 0.500. The zero-order valence-electron chi connectivity index (χ0n) is 17.9. The van der Waals surface area contributed by atoms with Gasteiger partial charge in [0, 0.05) is 37.4 Å². The van der Waals surface area contributed by atoms with Gasteiger partial charge in [-0.25, -0.2) is 0 Å². The van der Waals surface area contributed by atoms with Gasteiger partial charge in [-0.3, -0.25) is 0 Å². The number of likely N-dealkylation sites (N-methyl/N-ethyl adjacent to an activating group) is 1. The molecule has 4 rings (SSSR count). The number of nitrogens with one attached hydrogen (secondary N) is 1. The van der Waals surface area contributed by atoms with E-state index in [4.69, 9.17) is 9.47 Å². The Morgan fingerprint density at radius 1 is 1.13 bits per heavy atom. The van der Waals surface area contributed by atoms with Crippen LogP contribution >= 0.6 is 0 Å². The van der Waals surface area contributed by atoms with Gasteiger partial charge in [-0.1, -0.05) is 30.3 Å². The molecule has 1 saturated heterocycles. The third-order valence-corrected chi connectivity index (χ3v) is 6.33. The number of hydrogen-bond acceptors (Lipinski definition) is 4. The minimum absolute atomic E-state index is 0.00241. The minimum atomic E-state index is -4.38. The Bertz CT molecular complexity index is 875. The first-order chi connectivity index (χ1) is 14.9. The van der Waals surface area contributed by atoms with Gasteiger partial charge in [0.25, 0.3) is 0 Å². The van der Waals surface area contributed by atoms with E-state index in [9.17, 15) is 13.2 Å². The summed E-state index contributed by atoms with van der Waals surface area (Å²) in [5.41, 5.74) is 1.82. The average Bonchev–Trinajstić information content (AvgIpc) is 2.76. The third kappa shape index (κ3) is 4.89. The molecule has 0 amide bonds. The first kappa shape index (κ1) is 22.1. The van der Waals surface area contributed by atoms with Crippen LogP contribution in [0.4, 0.5) is 18.9 Å². The SMILES string of the molecule is COCCN(C)C[C@H]1CC[C@@H]2[C@H](O1)c1cc(C(F)(F)F)ccc1N[C@H]2c1ccccc1. The van der Waals surface area contributed by atoms with Crippen LogP contribution in [0, 0.1) is 5.92 Å². The molecule has 1 fully saturated rings. The Hall–Kier alpha value is -2.09. The Morgan fingerprint density at radius 3 is 2.61 bits per heavy atom. The van der Waals surface area contributed by atoms with Crippen molar-refractivity contribution in [3.8, 4) is 0 Å². The van der Waals surface area contributed by atoms with Crippen LogP contribution < -0.4 is 5.32 Å². The molecule has 0 radical (unpaired) electrons. The van der Waals surface area contributed by atoms with Crippen LogP contribution in [0.3, 0.4) is 0 Å². The molecular weight excluding hydrogens is 405 g/mol. The fourth-order valence-electron chi connectivity index (χ4n) is 4.74. The van der Waals surface area contributed by atoms with E-state index in [1.807, 2.05) is 25.2 Å². The molecule has 2 heterocycles. The summed E-state index contributed by atoms with van der Waals surface area (Å²) in [6.07, 6.45) is -3.03. The number of hydrogen-bond donors (Lipinski definition) is 1. The average molecular weight is 435 g/mol. The molecule has 2 aliphatic rings. The van der Waals surface area contributed by atoms with Gasteiger partial charge < -0.3 is 19.7 Å². The maximum atomic E-state index is 13.4. The van der Waals surface area contributed by atoms with Crippen LogP contribution in [-0.4, -0.2) is 44.9 Å². The molecule has 0 aliphatic carbocycles. The number of methoxy groups -OCH3 is 1. The Morgan fingerprint density at radius 2 is 1.90 bits per heavy atom. The summed E-state index contributed by atoms with van der Waals surface area (Å²) in [4.78, 5) is 2.15. The van der Waals surface area contributed by atoms with Crippen molar-refractivity contribution in [2.24, 2.45) is 5.92 Å². The van der Waals surface area contributed by atoms with Crippen molar-refractivity contribution in [3.05, 3.63) is 65.2 Å². The number of halogens is 3. The van der Waals surface area contributed by atoms with Crippen LogP contribution in [0.15, 0.2) is 48.5 Å². The van der Waals surface area contributed by atoms with Gasteiger partial charge in [0.1, 0.15) is 0 Å². The van der Waals surface area contributed by atoms with E-state index in [0.717, 1.165) is 43.2 Å². The highest BCUT2D eigenvalue weighted by atomic mass is 19.4. The number of alkyl halides is 3. The van der Waals surface area contributed by atoms with Gasteiger partial charge in [-0.2, -0.15) is 13.2 Å². The molecule has 0 spiro atoms. The first-order valence-electron chi connectivity index (χ1n) is 10.7. The Labute approximate surface area is 181 Å². The van der Waals surface area contributed by atoms with Crippen molar-refractivity contribution in [2.75, 3.05) is 39.2 Å². The van der Waals surface area contributed by atoms with Gasteiger partial charge in [-0.15, -0.1) is 0 Å². The van der Waals surface area contributed by atoms with Crippen LogP contribution in [0.2, 0.25) is 0 Å².